The molecule has 13 heavy (non-hydrogen) atoms. The average molecular weight is 288 g/mol. The maximum atomic E-state index is 10.8. The summed E-state index contributed by atoms with van der Waals surface area (Å²) in [6, 6.07) is 3.67. The van der Waals surface area contributed by atoms with Crippen LogP contribution in [0.5, 0.6) is 0 Å². The Bertz CT molecular complexity index is 371. The molecule has 1 N–H and O–H groups in total. The highest BCUT2D eigenvalue weighted by molar-refractivity contribution is 14.1. The van der Waals surface area contributed by atoms with E-state index in [1.807, 2.05) is 6.07 Å². The summed E-state index contributed by atoms with van der Waals surface area (Å²) < 4.78 is 0.931. The van der Waals surface area contributed by atoms with Gasteiger partial charge in [-0.1, -0.05) is 6.07 Å². The molecule has 0 atom stereocenters. The van der Waals surface area contributed by atoms with Crippen LogP contribution >= 0.6 is 22.6 Å². The molecule has 3 heteroatoms. The van der Waals surface area contributed by atoms with E-state index in [-0.39, 0.29) is 0 Å². The number of halogens is 1. The standard InChI is InChI=1S/C10H9IO2/c11-9-7-3-1-2-6(7)4-5-8(9)10(12)13/h4-5H,1-3H2,(H,12,13). The van der Waals surface area contributed by atoms with Gasteiger partial charge in [0.1, 0.15) is 0 Å². The lowest BCUT2D eigenvalue weighted by Crippen LogP contribution is -2.02. The van der Waals surface area contributed by atoms with Crippen molar-refractivity contribution in [1.82, 2.24) is 0 Å². The number of rotatable bonds is 1. The van der Waals surface area contributed by atoms with Gasteiger partial charge in [-0.25, -0.2) is 4.79 Å². The number of hydrogen-bond acceptors (Lipinski definition) is 1. The maximum Gasteiger partial charge on any atom is 0.336 e. The normalized spacial score (nSPS) is 14.2. The Morgan fingerprint density at radius 3 is 2.85 bits per heavy atom. The topological polar surface area (TPSA) is 37.3 Å². The zero-order valence-corrected chi connectivity index (χ0v) is 9.17. The monoisotopic (exact) mass is 288 g/mol. The van der Waals surface area contributed by atoms with E-state index in [1.54, 1.807) is 6.07 Å². The molecule has 0 amide bonds. The lowest BCUT2D eigenvalue weighted by molar-refractivity contribution is 0.0695. The highest BCUT2D eigenvalue weighted by Gasteiger charge is 2.18. The van der Waals surface area contributed by atoms with E-state index in [0.29, 0.717) is 5.56 Å². The highest BCUT2D eigenvalue weighted by atomic mass is 127. The first kappa shape index (κ1) is 8.99. The molecule has 2 rings (SSSR count). The van der Waals surface area contributed by atoms with Gasteiger partial charge in [-0.05, 0) is 59.0 Å². The largest absolute Gasteiger partial charge is 0.478 e. The summed E-state index contributed by atoms with van der Waals surface area (Å²) in [5.74, 6) is -0.820. The van der Waals surface area contributed by atoms with Gasteiger partial charge in [0.25, 0.3) is 0 Å². The summed E-state index contributed by atoms with van der Waals surface area (Å²) >= 11 is 2.14. The summed E-state index contributed by atoms with van der Waals surface area (Å²) in [6.45, 7) is 0. The molecule has 0 spiro atoms. The van der Waals surface area contributed by atoms with Crippen LogP contribution in [0.25, 0.3) is 0 Å². The van der Waals surface area contributed by atoms with Crippen LogP contribution in [-0.4, -0.2) is 11.1 Å². The van der Waals surface area contributed by atoms with Crippen molar-refractivity contribution in [3.8, 4) is 0 Å². The van der Waals surface area contributed by atoms with Crippen LogP contribution in [0.2, 0.25) is 0 Å². The summed E-state index contributed by atoms with van der Waals surface area (Å²) in [7, 11) is 0. The number of carbonyl (C=O) groups is 1. The van der Waals surface area contributed by atoms with Crippen molar-refractivity contribution < 1.29 is 9.90 Å². The lowest BCUT2D eigenvalue weighted by atomic mass is 10.1. The van der Waals surface area contributed by atoms with Gasteiger partial charge in [0.05, 0.1) is 5.56 Å². The Hall–Kier alpha value is -0.580. The third-order valence-electron chi connectivity index (χ3n) is 2.44. The van der Waals surface area contributed by atoms with Crippen LogP contribution in [0.4, 0.5) is 0 Å². The SMILES string of the molecule is O=C(O)c1ccc2c(c1I)CCC2. The smallest absolute Gasteiger partial charge is 0.336 e. The minimum Gasteiger partial charge on any atom is -0.478 e. The zero-order chi connectivity index (χ0) is 9.42. The molecule has 0 bridgehead atoms. The number of hydrogen-bond donors (Lipinski definition) is 1. The van der Waals surface area contributed by atoms with Crippen molar-refractivity contribution in [3.05, 3.63) is 32.4 Å². The predicted octanol–water partition coefficient (Wildman–Crippen LogP) is 2.48. The van der Waals surface area contributed by atoms with Gasteiger partial charge in [-0.15, -0.1) is 0 Å². The Balaban J connectivity index is 2.59. The number of carboxylic acids is 1. The van der Waals surface area contributed by atoms with Crippen molar-refractivity contribution in [2.75, 3.05) is 0 Å². The number of aromatic carboxylic acids is 1. The first-order valence-corrected chi connectivity index (χ1v) is 5.31. The second-order valence-electron chi connectivity index (χ2n) is 3.22. The van der Waals surface area contributed by atoms with Crippen LogP contribution in [-0.2, 0) is 12.8 Å². The molecular formula is C10H9IO2. The van der Waals surface area contributed by atoms with E-state index in [4.69, 9.17) is 5.11 Å². The fourth-order valence-electron chi connectivity index (χ4n) is 1.79. The molecule has 1 aliphatic rings. The summed E-state index contributed by atoms with van der Waals surface area (Å²) in [5.41, 5.74) is 3.02. The number of benzene rings is 1. The maximum absolute atomic E-state index is 10.8. The van der Waals surface area contributed by atoms with Gasteiger partial charge >= 0.3 is 5.97 Å². The Kier molecular flexibility index (Phi) is 2.27. The Morgan fingerprint density at radius 2 is 2.15 bits per heavy atom. The molecule has 0 unspecified atom stereocenters. The van der Waals surface area contributed by atoms with E-state index in [0.717, 1.165) is 22.8 Å². The first-order chi connectivity index (χ1) is 6.20. The summed E-state index contributed by atoms with van der Waals surface area (Å²) in [4.78, 5) is 10.8. The van der Waals surface area contributed by atoms with Gasteiger partial charge in [0.2, 0.25) is 0 Å². The van der Waals surface area contributed by atoms with Crippen molar-refractivity contribution in [3.63, 3.8) is 0 Å². The van der Waals surface area contributed by atoms with Crippen molar-refractivity contribution in [2.24, 2.45) is 0 Å². The fraction of sp³-hybridized carbons (Fsp3) is 0.300. The molecule has 0 radical (unpaired) electrons. The van der Waals surface area contributed by atoms with E-state index in [9.17, 15) is 4.79 Å². The van der Waals surface area contributed by atoms with Crippen LogP contribution < -0.4 is 0 Å². The molecule has 1 aromatic carbocycles. The van der Waals surface area contributed by atoms with Crippen molar-refractivity contribution in [1.29, 1.82) is 0 Å². The Labute approximate surface area is 90.1 Å². The second-order valence-corrected chi connectivity index (χ2v) is 4.30. The van der Waals surface area contributed by atoms with Crippen LogP contribution in [0.1, 0.15) is 27.9 Å². The van der Waals surface area contributed by atoms with E-state index in [2.05, 4.69) is 22.6 Å². The van der Waals surface area contributed by atoms with Gasteiger partial charge in [0, 0.05) is 3.57 Å². The second kappa shape index (κ2) is 3.29. The molecule has 68 valence electrons. The third kappa shape index (κ3) is 1.45. The minimum absolute atomic E-state index is 0.446. The van der Waals surface area contributed by atoms with E-state index in [1.165, 1.54) is 11.1 Å². The molecule has 0 aliphatic heterocycles. The van der Waals surface area contributed by atoms with Gasteiger partial charge in [-0.2, -0.15) is 0 Å². The molecule has 0 fully saturated rings. The van der Waals surface area contributed by atoms with Gasteiger partial charge < -0.3 is 5.11 Å². The summed E-state index contributed by atoms with van der Waals surface area (Å²) in [6.07, 6.45) is 3.30. The van der Waals surface area contributed by atoms with E-state index < -0.39 is 5.97 Å². The molecule has 1 aliphatic carbocycles. The predicted molar refractivity (Wildman–Crippen MR) is 58.1 cm³/mol. The highest BCUT2D eigenvalue weighted by Crippen LogP contribution is 2.28. The molecule has 0 heterocycles. The fourth-order valence-corrected chi connectivity index (χ4v) is 2.81. The Morgan fingerprint density at radius 1 is 1.38 bits per heavy atom. The van der Waals surface area contributed by atoms with Crippen molar-refractivity contribution in [2.45, 2.75) is 19.3 Å². The molecular weight excluding hydrogens is 279 g/mol. The van der Waals surface area contributed by atoms with Crippen molar-refractivity contribution >= 4 is 28.6 Å². The number of aryl methyl sites for hydroxylation is 1. The molecule has 0 saturated carbocycles. The number of carboxylic acid groups (broad SMARTS) is 1. The van der Waals surface area contributed by atoms with Gasteiger partial charge in [-0.3, -0.25) is 0 Å². The molecule has 1 aromatic rings. The molecule has 0 saturated heterocycles. The van der Waals surface area contributed by atoms with E-state index >= 15 is 0 Å². The minimum atomic E-state index is -0.820. The van der Waals surface area contributed by atoms with Crippen LogP contribution in [0.15, 0.2) is 12.1 Å². The third-order valence-corrected chi connectivity index (χ3v) is 3.68. The van der Waals surface area contributed by atoms with Crippen LogP contribution in [0, 0.1) is 3.57 Å². The zero-order valence-electron chi connectivity index (χ0n) is 7.01. The van der Waals surface area contributed by atoms with Gasteiger partial charge in [0.15, 0.2) is 0 Å². The molecule has 0 aromatic heterocycles. The number of fused-ring (bicyclic) bond motifs is 1. The first-order valence-electron chi connectivity index (χ1n) is 4.23. The lowest BCUT2D eigenvalue weighted by Gasteiger charge is -2.05. The quantitative estimate of drug-likeness (QED) is 0.806. The summed E-state index contributed by atoms with van der Waals surface area (Å²) in [5, 5.41) is 8.89. The average Bonchev–Trinajstić information content (AvgIpc) is 2.52. The molecule has 2 nitrogen and oxygen atoms in total. The van der Waals surface area contributed by atoms with Crippen LogP contribution in [0.3, 0.4) is 0 Å².